The first-order valence-corrected chi connectivity index (χ1v) is 7.75. The van der Waals surface area contributed by atoms with E-state index in [0.717, 1.165) is 17.0 Å². The first-order valence-electron chi connectivity index (χ1n) is 7.37. The minimum Gasteiger partial charge on any atom is -0.493 e. The van der Waals surface area contributed by atoms with Gasteiger partial charge in [0.1, 0.15) is 17.2 Å². The van der Waals surface area contributed by atoms with Crippen molar-refractivity contribution in [3.8, 4) is 5.75 Å². The number of nitrogens with one attached hydrogen (secondary N) is 1. The number of halogens is 1. The van der Waals surface area contributed by atoms with Crippen LogP contribution in [0.1, 0.15) is 17.9 Å². The van der Waals surface area contributed by atoms with Crippen LogP contribution in [0.4, 0.5) is 5.82 Å². The fourth-order valence-corrected chi connectivity index (χ4v) is 3.06. The Morgan fingerprint density at radius 2 is 2.26 bits per heavy atom. The average molecular weight is 328 g/mol. The molecule has 116 valence electrons. The molecule has 1 unspecified atom stereocenters. The number of anilines is 1. The molecular formula is C17H14ClN3O2. The molecule has 23 heavy (non-hydrogen) atoms. The maximum atomic E-state index is 12.7. The largest absolute Gasteiger partial charge is 0.493 e. The van der Waals surface area contributed by atoms with E-state index in [2.05, 4.69) is 10.3 Å². The van der Waals surface area contributed by atoms with Gasteiger partial charge in [-0.2, -0.15) is 0 Å². The molecule has 6 heteroatoms. The molecular weight excluding hydrogens is 314 g/mol. The summed E-state index contributed by atoms with van der Waals surface area (Å²) in [6.07, 6.45) is 4.15. The third-order valence-corrected chi connectivity index (χ3v) is 4.23. The fraction of sp³-hybridized carbons (Fsp3) is 0.176. The number of nitrogens with zero attached hydrogens (tertiary/aromatic N) is 2. The van der Waals surface area contributed by atoms with Crippen LogP contribution in [0.2, 0.25) is 5.02 Å². The van der Waals surface area contributed by atoms with Crippen LogP contribution in [-0.2, 0) is 4.79 Å². The van der Waals surface area contributed by atoms with Crippen LogP contribution in [0, 0.1) is 0 Å². The van der Waals surface area contributed by atoms with Gasteiger partial charge in [-0.1, -0.05) is 17.7 Å². The van der Waals surface area contributed by atoms with Crippen LogP contribution >= 0.6 is 11.6 Å². The zero-order valence-electron chi connectivity index (χ0n) is 12.2. The maximum absolute atomic E-state index is 12.7. The van der Waals surface area contributed by atoms with Gasteiger partial charge in [0.15, 0.2) is 0 Å². The molecule has 0 saturated heterocycles. The molecule has 0 saturated carbocycles. The molecule has 1 aromatic carbocycles. The number of fused-ring (bicyclic) bond motifs is 2. The van der Waals surface area contributed by atoms with E-state index in [9.17, 15) is 4.79 Å². The lowest BCUT2D eigenvalue weighted by molar-refractivity contribution is -0.118. The minimum atomic E-state index is -0.285. The maximum Gasteiger partial charge on any atom is 0.233 e. The van der Waals surface area contributed by atoms with Gasteiger partial charge in [-0.15, -0.1) is 0 Å². The van der Waals surface area contributed by atoms with Gasteiger partial charge in [-0.05, 0) is 36.8 Å². The van der Waals surface area contributed by atoms with E-state index >= 15 is 0 Å². The Hall–Kier alpha value is -2.53. The average Bonchev–Trinajstić information content (AvgIpc) is 2.97. The Balaban J connectivity index is 1.64. The number of carbonyl (C=O) groups excluding carboxylic acids is 1. The first kappa shape index (κ1) is 14.1. The first-order chi connectivity index (χ1) is 11.2. The molecule has 3 heterocycles. The Labute approximate surface area is 137 Å². The molecule has 1 amide bonds. The molecule has 0 spiro atoms. The highest BCUT2D eigenvalue weighted by atomic mass is 35.5. The lowest BCUT2D eigenvalue weighted by Crippen LogP contribution is -2.26. The molecule has 0 aliphatic carbocycles. The fourth-order valence-electron chi connectivity index (χ4n) is 2.88. The van der Waals surface area contributed by atoms with Gasteiger partial charge < -0.3 is 10.1 Å². The molecule has 3 aromatic rings. The number of rotatable bonds is 2. The number of aromatic nitrogens is 2. The van der Waals surface area contributed by atoms with Gasteiger partial charge in [0.25, 0.3) is 0 Å². The zero-order chi connectivity index (χ0) is 15.8. The quantitative estimate of drug-likeness (QED) is 0.784. The predicted molar refractivity (Wildman–Crippen MR) is 88.1 cm³/mol. The Bertz CT molecular complexity index is 890. The van der Waals surface area contributed by atoms with Crippen LogP contribution in [0.3, 0.4) is 0 Å². The van der Waals surface area contributed by atoms with E-state index in [-0.39, 0.29) is 11.8 Å². The van der Waals surface area contributed by atoms with Crippen LogP contribution in [0.15, 0.2) is 48.8 Å². The van der Waals surface area contributed by atoms with Gasteiger partial charge in [-0.3, -0.25) is 9.20 Å². The molecule has 0 fully saturated rings. The van der Waals surface area contributed by atoms with Gasteiger partial charge in [0, 0.05) is 16.8 Å². The van der Waals surface area contributed by atoms with Crippen molar-refractivity contribution in [2.45, 2.75) is 12.3 Å². The third-order valence-electron chi connectivity index (χ3n) is 4.00. The van der Waals surface area contributed by atoms with Gasteiger partial charge >= 0.3 is 0 Å². The summed E-state index contributed by atoms with van der Waals surface area (Å²) in [4.78, 5) is 17.0. The second kappa shape index (κ2) is 5.59. The van der Waals surface area contributed by atoms with Crippen molar-refractivity contribution in [1.29, 1.82) is 0 Å². The molecule has 1 aliphatic rings. The number of benzene rings is 1. The van der Waals surface area contributed by atoms with Crippen molar-refractivity contribution in [2.75, 3.05) is 11.9 Å². The summed E-state index contributed by atoms with van der Waals surface area (Å²) in [5.41, 5.74) is 1.62. The molecule has 1 atom stereocenters. The number of imidazole rings is 1. The number of hydrogen-bond acceptors (Lipinski definition) is 3. The van der Waals surface area contributed by atoms with Crippen molar-refractivity contribution < 1.29 is 9.53 Å². The number of carbonyl (C=O) groups is 1. The Kier molecular flexibility index (Phi) is 3.42. The lowest BCUT2D eigenvalue weighted by atomic mass is 9.92. The summed E-state index contributed by atoms with van der Waals surface area (Å²) < 4.78 is 7.45. The Morgan fingerprint density at radius 1 is 1.35 bits per heavy atom. The SMILES string of the molecule is O=C(Nc1cnc2ccccn12)C1CCOc2ccc(Cl)cc21. The normalized spacial score (nSPS) is 16.7. The van der Waals surface area contributed by atoms with E-state index in [1.165, 1.54) is 0 Å². The standard InChI is InChI=1S/C17H14ClN3O2/c18-11-4-5-14-13(9-11)12(6-8-23-14)17(22)20-16-10-19-15-3-1-2-7-21(15)16/h1-5,7,9-10,12H,6,8H2,(H,20,22). The van der Waals surface area contributed by atoms with Crippen molar-refractivity contribution in [2.24, 2.45) is 0 Å². The van der Waals surface area contributed by atoms with Crippen LogP contribution < -0.4 is 10.1 Å². The smallest absolute Gasteiger partial charge is 0.233 e. The summed E-state index contributed by atoms with van der Waals surface area (Å²) in [6.45, 7) is 0.514. The number of ether oxygens (including phenoxy) is 1. The second-order valence-electron chi connectivity index (χ2n) is 5.43. The van der Waals surface area contributed by atoms with Gasteiger partial charge in [0.2, 0.25) is 5.91 Å². The molecule has 1 aliphatic heterocycles. The molecule has 5 nitrogen and oxygen atoms in total. The number of amides is 1. The zero-order valence-corrected chi connectivity index (χ0v) is 13.0. The summed E-state index contributed by atoms with van der Waals surface area (Å²) in [7, 11) is 0. The highest BCUT2D eigenvalue weighted by Crippen LogP contribution is 2.36. The lowest BCUT2D eigenvalue weighted by Gasteiger charge is -2.25. The monoisotopic (exact) mass is 327 g/mol. The van der Waals surface area contributed by atoms with Gasteiger partial charge in [-0.25, -0.2) is 4.98 Å². The number of hydrogen-bond donors (Lipinski definition) is 1. The summed E-state index contributed by atoms with van der Waals surface area (Å²) >= 11 is 6.07. The van der Waals surface area contributed by atoms with E-state index in [0.29, 0.717) is 23.9 Å². The predicted octanol–water partition coefficient (Wildman–Crippen LogP) is 3.49. The van der Waals surface area contributed by atoms with Gasteiger partial charge in [0.05, 0.1) is 18.7 Å². The molecule has 0 radical (unpaired) electrons. The third kappa shape index (κ3) is 2.53. The van der Waals surface area contributed by atoms with Crippen LogP contribution in [-0.4, -0.2) is 21.9 Å². The van der Waals surface area contributed by atoms with E-state index < -0.39 is 0 Å². The molecule has 2 aromatic heterocycles. The Morgan fingerprint density at radius 3 is 3.17 bits per heavy atom. The van der Waals surface area contributed by atoms with Crippen molar-refractivity contribution in [3.63, 3.8) is 0 Å². The van der Waals surface area contributed by atoms with Crippen molar-refractivity contribution >= 4 is 29.0 Å². The van der Waals surface area contributed by atoms with E-state index in [1.807, 2.05) is 34.9 Å². The van der Waals surface area contributed by atoms with Crippen LogP contribution in [0.5, 0.6) is 5.75 Å². The van der Waals surface area contributed by atoms with E-state index in [4.69, 9.17) is 16.3 Å². The summed E-state index contributed by atoms with van der Waals surface area (Å²) in [5, 5.41) is 3.56. The van der Waals surface area contributed by atoms with Crippen molar-refractivity contribution in [3.05, 3.63) is 59.4 Å². The van der Waals surface area contributed by atoms with Crippen LogP contribution in [0.25, 0.3) is 5.65 Å². The summed E-state index contributed by atoms with van der Waals surface area (Å²) in [6, 6.07) is 11.1. The number of pyridine rings is 1. The topological polar surface area (TPSA) is 55.6 Å². The van der Waals surface area contributed by atoms with Crippen molar-refractivity contribution in [1.82, 2.24) is 9.38 Å². The molecule has 4 rings (SSSR count). The molecule has 1 N–H and O–H groups in total. The molecule has 0 bridgehead atoms. The highest BCUT2D eigenvalue weighted by Gasteiger charge is 2.28. The minimum absolute atomic E-state index is 0.0810. The summed E-state index contributed by atoms with van der Waals surface area (Å²) in [5.74, 6) is 1.01. The highest BCUT2D eigenvalue weighted by molar-refractivity contribution is 6.30. The second-order valence-corrected chi connectivity index (χ2v) is 5.87. The van der Waals surface area contributed by atoms with E-state index in [1.54, 1.807) is 18.3 Å².